The number of aromatic nitrogens is 1. The maximum Gasteiger partial charge on any atom is 0.243 e. The Bertz CT molecular complexity index is 1080. The normalized spacial score (nSPS) is 11.9. The van der Waals surface area contributed by atoms with E-state index in [0.29, 0.717) is 25.3 Å². The summed E-state index contributed by atoms with van der Waals surface area (Å²) in [6.07, 6.45) is 1.41. The average Bonchev–Trinajstić information content (AvgIpc) is 2.70. The number of pyridine rings is 1. The Kier molecular flexibility index (Phi) is 5.90. The Balaban J connectivity index is 1.82. The smallest absolute Gasteiger partial charge is 0.243 e. The average molecular weight is 405 g/mol. The molecule has 3 rings (SSSR count). The van der Waals surface area contributed by atoms with E-state index in [1.807, 2.05) is 0 Å². The predicted octanol–water partition coefficient (Wildman–Crippen LogP) is 4.16. The number of rotatable bonds is 7. The monoisotopic (exact) mass is 405 g/mol. The number of sulfonamides is 1. The maximum absolute atomic E-state index is 14.2. The minimum Gasteiger partial charge on any atom is -0.380 e. The van der Waals surface area contributed by atoms with Crippen LogP contribution in [0.4, 0.5) is 14.5 Å². The third-order valence-electron chi connectivity index (χ3n) is 4.54. The summed E-state index contributed by atoms with van der Waals surface area (Å²) in [4.78, 5) is 4.13. The minimum absolute atomic E-state index is 0.0364. The molecule has 3 aromatic rings. The number of nitrogens with zero attached hydrogens (tertiary/aromatic N) is 2. The lowest BCUT2D eigenvalue weighted by Crippen LogP contribution is -2.30. The van der Waals surface area contributed by atoms with Crippen molar-refractivity contribution in [3.8, 4) is 0 Å². The highest BCUT2D eigenvalue weighted by molar-refractivity contribution is 7.89. The van der Waals surface area contributed by atoms with Crippen molar-refractivity contribution in [1.29, 1.82) is 0 Å². The summed E-state index contributed by atoms with van der Waals surface area (Å²) in [6.45, 7) is 4.71. The van der Waals surface area contributed by atoms with Crippen LogP contribution < -0.4 is 5.32 Å². The molecule has 1 N–H and O–H groups in total. The molecule has 0 aliphatic rings. The van der Waals surface area contributed by atoms with Gasteiger partial charge in [0.15, 0.2) is 0 Å². The van der Waals surface area contributed by atoms with Crippen molar-refractivity contribution in [1.82, 2.24) is 9.29 Å². The van der Waals surface area contributed by atoms with Crippen molar-refractivity contribution >= 4 is 26.6 Å². The van der Waals surface area contributed by atoms with Gasteiger partial charge in [-0.05, 0) is 35.9 Å². The fourth-order valence-electron chi connectivity index (χ4n) is 3.03. The van der Waals surface area contributed by atoms with Crippen LogP contribution in [-0.4, -0.2) is 30.8 Å². The molecule has 0 aliphatic heterocycles. The molecule has 1 heterocycles. The molecule has 1 aromatic heterocycles. The standard InChI is InChI=1S/C20H21F2N3O2S/c1-3-25(4-2)28(26,27)15-7-5-14(6-8-15)13-24-18-11-12-23-20-17(22)10-9-16(21)19(18)20/h5-12H,3-4,13H2,1-2H3,(H,23,24). The van der Waals surface area contributed by atoms with Gasteiger partial charge in [-0.1, -0.05) is 26.0 Å². The first-order valence-electron chi connectivity index (χ1n) is 8.94. The zero-order valence-corrected chi connectivity index (χ0v) is 16.4. The number of fused-ring (bicyclic) bond motifs is 1. The van der Waals surface area contributed by atoms with Crippen LogP contribution in [0, 0.1) is 11.6 Å². The van der Waals surface area contributed by atoms with Gasteiger partial charge in [-0.15, -0.1) is 0 Å². The quantitative estimate of drug-likeness (QED) is 0.641. The van der Waals surface area contributed by atoms with Crippen molar-refractivity contribution in [3.05, 3.63) is 65.9 Å². The van der Waals surface area contributed by atoms with Gasteiger partial charge in [0.1, 0.15) is 17.2 Å². The fourth-order valence-corrected chi connectivity index (χ4v) is 4.49. The number of benzene rings is 2. The minimum atomic E-state index is -3.51. The molecule has 8 heteroatoms. The Hall–Kier alpha value is -2.58. The van der Waals surface area contributed by atoms with Crippen molar-refractivity contribution in [2.24, 2.45) is 0 Å². The van der Waals surface area contributed by atoms with Gasteiger partial charge in [0.05, 0.1) is 10.3 Å². The maximum atomic E-state index is 14.2. The molecule has 0 radical (unpaired) electrons. The van der Waals surface area contributed by atoms with Crippen molar-refractivity contribution in [3.63, 3.8) is 0 Å². The van der Waals surface area contributed by atoms with E-state index in [1.54, 1.807) is 44.2 Å². The van der Waals surface area contributed by atoms with Crippen LogP contribution in [0.25, 0.3) is 10.9 Å². The summed E-state index contributed by atoms with van der Waals surface area (Å²) in [5, 5.41) is 3.16. The second-order valence-electron chi connectivity index (χ2n) is 6.20. The van der Waals surface area contributed by atoms with Crippen LogP contribution in [0.1, 0.15) is 19.4 Å². The number of nitrogens with one attached hydrogen (secondary N) is 1. The van der Waals surface area contributed by atoms with Gasteiger partial charge >= 0.3 is 0 Å². The Morgan fingerprint density at radius 1 is 0.964 bits per heavy atom. The predicted molar refractivity (Wildman–Crippen MR) is 106 cm³/mol. The van der Waals surface area contributed by atoms with Gasteiger partial charge in [0.25, 0.3) is 0 Å². The molecule has 0 spiro atoms. The van der Waals surface area contributed by atoms with Crippen LogP contribution in [0.2, 0.25) is 0 Å². The van der Waals surface area contributed by atoms with Crippen molar-refractivity contribution in [2.45, 2.75) is 25.3 Å². The molecule has 0 fully saturated rings. The van der Waals surface area contributed by atoms with E-state index in [-0.39, 0.29) is 15.8 Å². The first-order valence-corrected chi connectivity index (χ1v) is 10.4. The molecule has 5 nitrogen and oxygen atoms in total. The lowest BCUT2D eigenvalue weighted by atomic mass is 10.1. The lowest BCUT2D eigenvalue weighted by Gasteiger charge is -2.18. The SMILES string of the molecule is CCN(CC)S(=O)(=O)c1ccc(CNc2ccnc3c(F)ccc(F)c23)cc1. The van der Waals surface area contributed by atoms with E-state index in [9.17, 15) is 17.2 Å². The third kappa shape index (κ3) is 3.83. The summed E-state index contributed by atoms with van der Waals surface area (Å²) in [5.74, 6) is -1.15. The van der Waals surface area contributed by atoms with E-state index in [1.165, 1.54) is 10.5 Å². The van der Waals surface area contributed by atoms with Gasteiger partial charge < -0.3 is 5.32 Å². The Morgan fingerprint density at radius 2 is 1.61 bits per heavy atom. The first-order chi connectivity index (χ1) is 13.4. The van der Waals surface area contributed by atoms with Gasteiger partial charge in [-0.2, -0.15) is 4.31 Å². The van der Waals surface area contributed by atoms with Crippen molar-refractivity contribution in [2.75, 3.05) is 18.4 Å². The molecule has 0 bridgehead atoms. The van der Waals surface area contributed by atoms with E-state index >= 15 is 0 Å². The van der Waals surface area contributed by atoms with Crippen LogP contribution >= 0.6 is 0 Å². The van der Waals surface area contributed by atoms with E-state index in [4.69, 9.17) is 0 Å². The molecule has 0 saturated heterocycles. The van der Waals surface area contributed by atoms with Crippen molar-refractivity contribution < 1.29 is 17.2 Å². The highest BCUT2D eigenvalue weighted by atomic mass is 32.2. The molecular formula is C20H21F2N3O2S. The molecular weight excluding hydrogens is 384 g/mol. The summed E-state index contributed by atoms with van der Waals surface area (Å²) in [7, 11) is -3.51. The summed E-state index contributed by atoms with van der Waals surface area (Å²) < 4.78 is 54.5. The second kappa shape index (κ2) is 8.20. The summed E-state index contributed by atoms with van der Waals surface area (Å²) >= 11 is 0. The topological polar surface area (TPSA) is 62.3 Å². The van der Waals surface area contributed by atoms with E-state index in [0.717, 1.165) is 17.7 Å². The molecule has 0 unspecified atom stereocenters. The number of hydrogen-bond acceptors (Lipinski definition) is 4. The van der Waals surface area contributed by atoms with Crippen LogP contribution in [0.3, 0.4) is 0 Å². The van der Waals surface area contributed by atoms with Gasteiger partial charge in [-0.25, -0.2) is 17.2 Å². The Morgan fingerprint density at radius 3 is 2.25 bits per heavy atom. The molecule has 0 amide bonds. The molecule has 0 aliphatic carbocycles. The number of hydrogen-bond donors (Lipinski definition) is 1. The fraction of sp³-hybridized carbons (Fsp3) is 0.250. The van der Waals surface area contributed by atoms with E-state index in [2.05, 4.69) is 10.3 Å². The van der Waals surface area contributed by atoms with E-state index < -0.39 is 21.7 Å². The van der Waals surface area contributed by atoms with Crippen LogP contribution in [0.5, 0.6) is 0 Å². The highest BCUT2D eigenvalue weighted by Crippen LogP contribution is 2.27. The second-order valence-corrected chi connectivity index (χ2v) is 8.14. The third-order valence-corrected chi connectivity index (χ3v) is 6.61. The molecule has 28 heavy (non-hydrogen) atoms. The van der Waals surface area contributed by atoms with Gasteiger partial charge in [0, 0.05) is 31.5 Å². The summed E-state index contributed by atoms with van der Waals surface area (Å²) in [5.41, 5.74) is 1.19. The van der Waals surface area contributed by atoms with Gasteiger partial charge in [-0.3, -0.25) is 4.98 Å². The number of halogens is 2. The first kappa shape index (κ1) is 20.2. The zero-order valence-electron chi connectivity index (χ0n) is 15.6. The Labute approximate surface area is 163 Å². The molecule has 0 saturated carbocycles. The highest BCUT2D eigenvalue weighted by Gasteiger charge is 2.21. The lowest BCUT2D eigenvalue weighted by molar-refractivity contribution is 0.445. The van der Waals surface area contributed by atoms with Crippen LogP contribution in [0.15, 0.2) is 53.6 Å². The molecule has 2 aromatic carbocycles. The zero-order chi connectivity index (χ0) is 20.3. The largest absolute Gasteiger partial charge is 0.380 e. The van der Waals surface area contributed by atoms with Crippen LogP contribution in [-0.2, 0) is 16.6 Å². The van der Waals surface area contributed by atoms with Gasteiger partial charge in [0.2, 0.25) is 10.0 Å². The molecule has 0 atom stereocenters. The summed E-state index contributed by atoms with van der Waals surface area (Å²) in [6, 6.07) is 10.2. The number of anilines is 1. The molecule has 148 valence electrons.